The number of nitrogens with one attached hydrogen (secondary N) is 1. The third-order valence-corrected chi connectivity index (χ3v) is 8.60. The first-order chi connectivity index (χ1) is 15.1. The first-order valence-corrected chi connectivity index (χ1v) is 12.7. The predicted molar refractivity (Wildman–Crippen MR) is 121 cm³/mol. The van der Waals surface area contributed by atoms with Gasteiger partial charge in [-0.15, -0.1) is 0 Å². The average molecular weight is 480 g/mol. The second kappa shape index (κ2) is 9.92. The third kappa shape index (κ3) is 5.43. The van der Waals surface area contributed by atoms with Gasteiger partial charge in [-0.2, -0.15) is 4.31 Å². The molecule has 0 unspecified atom stereocenters. The Morgan fingerprint density at radius 1 is 1.00 bits per heavy atom. The Labute approximate surface area is 188 Å². The van der Waals surface area contributed by atoms with Crippen LogP contribution in [0.4, 0.5) is 5.69 Å². The van der Waals surface area contributed by atoms with E-state index in [0.717, 1.165) is 4.31 Å². The van der Waals surface area contributed by atoms with Gasteiger partial charge in [0, 0.05) is 33.3 Å². The van der Waals surface area contributed by atoms with Crippen LogP contribution in [0.15, 0.2) is 64.4 Å². The molecule has 11 heteroatoms. The quantitative estimate of drug-likeness (QED) is 0.604. The second-order valence-corrected chi connectivity index (χ2v) is 11.2. The molecule has 1 amide bonds. The highest BCUT2D eigenvalue weighted by molar-refractivity contribution is 7.89. The van der Waals surface area contributed by atoms with Crippen molar-refractivity contribution in [1.29, 1.82) is 0 Å². The number of rotatable bonds is 7. The fraction of sp³-hybridized carbons (Fsp3) is 0.286. The Balaban J connectivity index is 1.71. The summed E-state index contributed by atoms with van der Waals surface area (Å²) in [5, 5.41) is 2.57. The molecule has 32 heavy (non-hydrogen) atoms. The molecular weight excluding hydrogens is 454 g/mol. The zero-order valence-corrected chi connectivity index (χ0v) is 19.4. The van der Waals surface area contributed by atoms with Crippen LogP contribution in [0, 0.1) is 0 Å². The maximum atomic E-state index is 12.7. The summed E-state index contributed by atoms with van der Waals surface area (Å²) in [6.45, 7) is 1.37. The van der Waals surface area contributed by atoms with Crippen molar-refractivity contribution in [1.82, 2.24) is 8.61 Å². The van der Waals surface area contributed by atoms with E-state index in [9.17, 15) is 21.6 Å². The first-order valence-electron chi connectivity index (χ1n) is 9.81. The lowest BCUT2D eigenvalue weighted by atomic mass is 10.2. The molecule has 2 aromatic carbocycles. The molecule has 172 valence electrons. The molecule has 0 bridgehead atoms. The Morgan fingerprint density at radius 2 is 1.62 bits per heavy atom. The predicted octanol–water partition coefficient (Wildman–Crippen LogP) is 1.61. The van der Waals surface area contributed by atoms with E-state index in [0.29, 0.717) is 31.9 Å². The zero-order valence-electron chi connectivity index (χ0n) is 17.8. The number of carbonyl (C=O) groups excluding carboxylic acids is 1. The Hall–Kier alpha value is -2.57. The number of hydrogen-bond acceptors (Lipinski definition) is 6. The molecule has 2 aromatic rings. The van der Waals surface area contributed by atoms with E-state index in [1.165, 1.54) is 54.8 Å². The van der Waals surface area contributed by atoms with E-state index in [2.05, 4.69) is 5.32 Å². The van der Waals surface area contributed by atoms with Crippen LogP contribution >= 0.6 is 0 Å². The Kier molecular flexibility index (Phi) is 7.47. The molecule has 0 atom stereocenters. The van der Waals surface area contributed by atoms with E-state index in [1.807, 2.05) is 0 Å². The minimum Gasteiger partial charge on any atom is -0.379 e. The van der Waals surface area contributed by atoms with Gasteiger partial charge >= 0.3 is 0 Å². The van der Waals surface area contributed by atoms with E-state index < -0.39 is 26.0 Å². The molecule has 1 N–H and O–H groups in total. The van der Waals surface area contributed by atoms with Gasteiger partial charge in [0.25, 0.3) is 0 Å². The van der Waals surface area contributed by atoms with Gasteiger partial charge in [-0.3, -0.25) is 4.79 Å². The van der Waals surface area contributed by atoms with Gasteiger partial charge in [0.2, 0.25) is 26.0 Å². The highest BCUT2D eigenvalue weighted by Gasteiger charge is 2.26. The lowest BCUT2D eigenvalue weighted by Gasteiger charge is -2.26. The first kappa shape index (κ1) is 24.1. The smallest absolute Gasteiger partial charge is 0.248 e. The van der Waals surface area contributed by atoms with E-state index in [1.54, 1.807) is 24.3 Å². The largest absolute Gasteiger partial charge is 0.379 e. The molecule has 0 spiro atoms. The summed E-state index contributed by atoms with van der Waals surface area (Å²) in [5.41, 5.74) is 0.790. The molecule has 0 aliphatic carbocycles. The average Bonchev–Trinajstić information content (AvgIpc) is 2.78. The summed E-state index contributed by atoms with van der Waals surface area (Å²) >= 11 is 0. The van der Waals surface area contributed by atoms with Crippen LogP contribution in [0.25, 0.3) is 6.08 Å². The third-order valence-electron chi connectivity index (χ3n) is 4.82. The SMILES string of the molecule is CN(C)S(=O)(=O)c1ccccc1NC(=O)/C=C/c1ccc(S(=O)(=O)N2CCOCC2)cc1. The van der Waals surface area contributed by atoms with E-state index in [4.69, 9.17) is 4.74 Å². The van der Waals surface area contributed by atoms with Crippen molar-refractivity contribution in [2.24, 2.45) is 0 Å². The molecule has 0 aromatic heterocycles. The normalized spacial score (nSPS) is 15.8. The van der Waals surface area contributed by atoms with Crippen LogP contribution in [-0.2, 0) is 29.6 Å². The number of benzene rings is 2. The maximum Gasteiger partial charge on any atom is 0.248 e. The summed E-state index contributed by atoms with van der Waals surface area (Å²) in [6, 6.07) is 12.3. The Bertz CT molecular complexity index is 1200. The number of carbonyl (C=O) groups is 1. The fourth-order valence-corrected chi connectivity index (χ4v) is 5.47. The summed E-state index contributed by atoms with van der Waals surface area (Å²) < 4.78 is 57.9. The molecule has 3 rings (SSSR count). The van der Waals surface area contributed by atoms with Gasteiger partial charge in [-0.25, -0.2) is 21.1 Å². The summed E-state index contributed by atoms with van der Waals surface area (Å²) in [5.74, 6) is -0.517. The van der Waals surface area contributed by atoms with Crippen molar-refractivity contribution in [3.63, 3.8) is 0 Å². The van der Waals surface area contributed by atoms with Crippen molar-refractivity contribution in [2.75, 3.05) is 45.7 Å². The Morgan fingerprint density at radius 3 is 2.25 bits per heavy atom. The standard InChI is InChI=1S/C21H25N3O6S2/c1-23(2)32(28,29)20-6-4-3-5-19(20)22-21(25)12-9-17-7-10-18(11-8-17)31(26,27)24-13-15-30-16-14-24/h3-12H,13-16H2,1-2H3,(H,22,25)/b12-9+. The van der Waals surface area contributed by atoms with Crippen LogP contribution in [0.3, 0.4) is 0 Å². The van der Waals surface area contributed by atoms with Crippen molar-refractivity contribution < 1.29 is 26.4 Å². The van der Waals surface area contributed by atoms with Gasteiger partial charge in [-0.05, 0) is 35.9 Å². The van der Waals surface area contributed by atoms with E-state index >= 15 is 0 Å². The topological polar surface area (TPSA) is 113 Å². The monoisotopic (exact) mass is 479 g/mol. The lowest BCUT2D eigenvalue weighted by molar-refractivity contribution is -0.111. The number of amides is 1. The maximum absolute atomic E-state index is 12.7. The van der Waals surface area contributed by atoms with Crippen molar-refractivity contribution in [2.45, 2.75) is 9.79 Å². The van der Waals surface area contributed by atoms with Gasteiger partial charge in [0.15, 0.2) is 0 Å². The minimum atomic E-state index is -3.72. The molecule has 1 heterocycles. The minimum absolute atomic E-state index is 0.00979. The zero-order chi connectivity index (χ0) is 23.4. The van der Waals surface area contributed by atoms with E-state index in [-0.39, 0.29) is 15.5 Å². The second-order valence-electron chi connectivity index (χ2n) is 7.19. The summed E-state index contributed by atoms with van der Waals surface area (Å²) in [7, 11) is -4.48. The van der Waals surface area contributed by atoms with Crippen LogP contribution in [0.5, 0.6) is 0 Å². The fourth-order valence-electron chi connectivity index (χ4n) is 3.02. The number of hydrogen-bond donors (Lipinski definition) is 1. The highest BCUT2D eigenvalue weighted by Crippen LogP contribution is 2.23. The molecule has 1 aliphatic heterocycles. The van der Waals surface area contributed by atoms with Crippen LogP contribution in [0.2, 0.25) is 0 Å². The van der Waals surface area contributed by atoms with Gasteiger partial charge in [0.05, 0.1) is 23.8 Å². The summed E-state index contributed by atoms with van der Waals surface area (Å²) in [4.78, 5) is 12.5. The lowest BCUT2D eigenvalue weighted by Crippen LogP contribution is -2.40. The van der Waals surface area contributed by atoms with Gasteiger partial charge in [-0.1, -0.05) is 24.3 Å². The molecule has 0 radical (unpaired) electrons. The van der Waals surface area contributed by atoms with Crippen LogP contribution < -0.4 is 5.32 Å². The molecule has 1 saturated heterocycles. The number of ether oxygens (including phenoxy) is 1. The number of sulfonamides is 2. The molecule has 1 fully saturated rings. The van der Waals surface area contributed by atoms with Gasteiger partial charge in [0.1, 0.15) is 4.90 Å². The van der Waals surface area contributed by atoms with Crippen molar-refractivity contribution >= 4 is 37.7 Å². The molecular formula is C21H25N3O6S2. The number of anilines is 1. The van der Waals surface area contributed by atoms with Gasteiger partial charge < -0.3 is 10.1 Å². The number of para-hydroxylation sites is 1. The van der Waals surface area contributed by atoms with Crippen LogP contribution in [0.1, 0.15) is 5.56 Å². The number of nitrogens with zero attached hydrogens (tertiary/aromatic N) is 2. The molecule has 9 nitrogen and oxygen atoms in total. The van der Waals surface area contributed by atoms with Crippen molar-refractivity contribution in [3.05, 3.63) is 60.2 Å². The van der Waals surface area contributed by atoms with Crippen LogP contribution in [-0.4, -0.2) is 71.8 Å². The van der Waals surface area contributed by atoms with Crippen molar-refractivity contribution in [3.8, 4) is 0 Å². The number of morpholine rings is 1. The molecule has 1 aliphatic rings. The highest BCUT2D eigenvalue weighted by atomic mass is 32.2. The summed E-state index contributed by atoms with van der Waals surface area (Å²) in [6.07, 6.45) is 2.77. The molecule has 0 saturated carbocycles.